The first-order chi connectivity index (χ1) is 8.57. The molecule has 92 valence electrons. The van der Waals surface area contributed by atoms with Crippen LogP contribution in [0.2, 0.25) is 0 Å². The highest BCUT2D eigenvalue weighted by Crippen LogP contribution is 2.22. The molecular weight excluding hydrogens is 248 g/mol. The van der Waals surface area contributed by atoms with Gasteiger partial charge in [-0.1, -0.05) is 37.4 Å². The predicted octanol–water partition coefficient (Wildman–Crippen LogP) is 2.56. The first-order valence-corrected chi connectivity index (χ1v) is 6.47. The van der Waals surface area contributed by atoms with Crippen molar-refractivity contribution in [3.8, 4) is 6.19 Å². The maximum atomic E-state index is 12.2. The van der Waals surface area contributed by atoms with Crippen molar-refractivity contribution in [3.05, 3.63) is 66.6 Å². The van der Waals surface area contributed by atoms with Crippen molar-refractivity contribution in [2.24, 2.45) is 0 Å². The number of anilines is 1. The van der Waals surface area contributed by atoms with Crippen molar-refractivity contribution >= 4 is 15.7 Å². The predicted molar refractivity (Wildman–Crippen MR) is 71.9 cm³/mol. The minimum atomic E-state index is -3.93. The molecule has 0 N–H and O–H groups in total. The highest BCUT2D eigenvalue weighted by molar-refractivity contribution is 7.97. The van der Waals surface area contributed by atoms with Crippen LogP contribution in [0.3, 0.4) is 0 Å². The molecule has 0 aliphatic rings. The molecule has 1 aromatic rings. The molecule has 1 aromatic carbocycles. The lowest BCUT2D eigenvalue weighted by Crippen LogP contribution is -2.26. The van der Waals surface area contributed by atoms with Gasteiger partial charge in [-0.2, -0.15) is 18.0 Å². The van der Waals surface area contributed by atoms with Gasteiger partial charge in [-0.15, -0.1) is 0 Å². The summed E-state index contributed by atoms with van der Waals surface area (Å²) in [6, 6.07) is 8.12. The van der Waals surface area contributed by atoms with Crippen LogP contribution in [-0.2, 0) is 10.0 Å². The number of hydrogen-bond acceptors (Lipinski definition) is 3. The molecule has 18 heavy (non-hydrogen) atoms. The second-order valence-corrected chi connectivity index (χ2v) is 5.00. The third kappa shape index (κ3) is 2.67. The second-order valence-electron chi connectivity index (χ2n) is 3.21. The van der Waals surface area contributed by atoms with E-state index in [0.29, 0.717) is 4.31 Å². The molecule has 0 atom stereocenters. The maximum absolute atomic E-state index is 12.2. The summed E-state index contributed by atoms with van der Waals surface area (Å²) < 4.78 is 25.0. The van der Waals surface area contributed by atoms with E-state index in [4.69, 9.17) is 5.26 Å². The Hall–Kier alpha value is -2.32. The van der Waals surface area contributed by atoms with Gasteiger partial charge in [-0.05, 0) is 24.3 Å². The van der Waals surface area contributed by atoms with Crippen LogP contribution in [0, 0.1) is 11.5 Å². The van der Waals surface area contributed by atoms with Gasteiger partial charge < -0.3 is 0 Å². The highest BCUT2D eigenvalue weighted by Gasteiger charge is 2.25. The summed E-state index contributed by atoms with van der Waals surface area (Å²) in [6.45, 7) is 6.85. The van der Waals surface area contributed by atoms with E-state index in [1.165, 1.54) is 30.4 Å². The molecule has 0 saturated carbocycles. The molecule has 0 amide bonds. The van der Waals surface area contributed by atoms with Crippen LogP contribution in [0.5, 0.6) is 0 Å². The van der Waals surface area contributed by atoms with E-state index < -0.39 is 10.0 Å². The van der Waals surface area contributed by atoms with Crippen LogP contribution in [0.25, 0.3) is 0 Å². The lowest BCUT2D eigenvalue weighted by Gasteiger charge is -2.16. The van der Waals surface area contributed by atoms with Gasteiger partial charge in [0.1, 0.15) is 0 Å². The van der Waals surface area contributed by atoms with Gasteiger partial charge in [0.2, 0.25) is 0 Å². The third-order valence-electron chi connectivity index (χ3n) is 2.10. The smallest absolute Gasteiger partial charge is 0.200 e. The normalized spacial score (nSPS) is 11.4. The van der Waals surface area contributed by atoms with E-state index in [2.05, 4.69) is 13.2 Å². The SMILES string of the molecule is C=C/C=C(\C=C)S(=O)(=O)N(C#N)c1ccccc1. The Bertz CT molecular complexity index is 610. The van der Waals surface area contributed by atoms with Crippen LogP contribution in [-0.4, -0.2) is 8.42 Å². The van der Waals surface area contributed by atoms with E-state index in [1.807, 2.05) is 0 Å². The van der Waals surface area contributed by atoms with Gasteiger partial charge >= 0.3 is 0 Å². The zero-order chi connectivity index (χ0) is 13.6. The minimum absolute atomic E-state index is 0.0806. The van der Waals surface area contributed by atoms with Gasteiger partial charge in [0.15, 0.2) is 6.19 Å². The number of benzene rings is 1. The molecule has 0 heterocycles. The van der Waals surface area contributed by atoms with Crippen molar-refractivity contribution in [1.82, 2.24) is 0 Å². The molecule has 0 saturated heterocycles. The first kappa shape index (κ1) is 13.7. The molecule has 4 nitrogen and oxygen atoms in total. The highest BCUT2D eigenvalue weighted by atomic mass is 32.2. The number of para-hydroxylation sites is 1. The molecule has 0 spiro atoms. The first-order valence-electron chi connectivity index (χ1n) is 5.03. The Balaban J connectivity index is 3.34. The number of nitriles is 1. The summed E-state index contributed by atoms with van der Waals surface area (Å²) in [7, 11) is -3.93. The quantitative estimate of drug-likeness (QED) is 0.464. The van der Waals surface area contributed by atoms with Crippen LogP contribution in [0.4, 0.5) is 5.69 Å². The zero-order valence-corrected chi connectivity index (χ0v) is 10.5. The van der Waals surface area contributed by atoms with Gasteiger partial charge in [0.05, 0.1) is 10.6 Å². The Labute approximate surface area is 107 Å². The number of hydrogen-bond donors (Lipinski definition) is 0. The Morgan fingerprint density at radius 1 is 1.28 bits per heavy atom. The largest absolute Gasteiger partial charge is 0.276 e. The van der Waals surface area contributed by atoms with Crippen molar-refractivity contribution in [3.63, 3.8) is 0 Å². The molecule has 0 aromatic heterocycles. The van der Waals surface area contributed by atoms with Gasteiger partial charge in [0, 0.05) is 0 Å². The van der Waals surface area contributed by atoms with Crippen molar-refractivity contribution in [2.45, 2.75) is 0 Å². The van der Waals surface area contributed by atoms with Crippen molar-refractivity contribution in [1.29, 1.82) is 5.26 Å². The van der Waals surface area contributed by atoms with Gasteiger partial charge in [-0.25, -0.2) is 0 Å². The zero-order valence-electron chi connectivity index (χ0n) is 9.65. The molecule has 0 unspecified atom stereocenters. The Kier molecular flexibility index (Phi) is 4.46. The summed E-state index contributed by atoms with van der Waals surface area (Å²) in [5.41, 5.74) is 0.275. The number of sulfonamides is 1. The molecule has 1 rings (SSSR count). The third-order valence-corrected chi connectivity index (χ3v) is 3.77. The summed E-state index contributed by atoms with van der Waals surface area (Å²) in [5, 5.41) is 9.04. The Morgan fingerprint density at radius 3 is 2.33 bits per heavy atom. The summed E-state index contributed by atoms with van der Waals surface area (Å²) in [6.07, 6.45) is 5.44. The molecule has 0 bridgehead atoms. The molecule has 0 aliphatic heterocycles. The summed E-state index contributed by atoms with van der Waals surface area (Å²) in [5.74, 6) is 0. The van der Waals surface area contributed by atoms with Crippen molar-refractivity contribution < 1.29 is 8.42 Å². The molecule has 0 aliphatic carbocycles. The van der Waals surface area contributed by atoms with E-state index >= 15 is 0 Å². The maximum Gasteiger partial charge on any atom is 0.276 e. The topological polar surface area (TPSA) is 61.2 Å². The lowest BCUT2D eigenvalue weighted by atomic mass is 10.3. The van der Waals surface area contributed by atoms with Gasteiger partial charge in [-0.3, -0.25) is 0 Å². The van der Waals surface area contributed by atoms with E-state index in [-0.39, 0.29) is 10.6 Å². The average Bonchev–Trinajstić information content (AvgIpc) is 2.37. The summed E-state index contributed by atoms with van der Waals surface area (Å²) >= 11 is 0. The number of allylic oxidation sites excluding steroid dienone is 3. The molecule has 0 radical (unpaired) electrons. The number of rotatable bonds is 5. The molecule has 0 fully saturated rings. The van der Waals surface area contributed by atoms with Crippen LogP contribution >= 0.6 is 0 Å². The standard InChI is InChI=1S/C13H12N2O2S/c1-3-8-13(4-2)18(16,17)15(11-14)12-9-6-5-7-10-12/h3-10H,1-2H2/b13-8+. The van der Waals surface area contributed by atoms with E-state index in [1.54, 1.807) is 24.4 Å². The molecule has 5 heteroatoms. The fourth-order valence-electron chi connectivity index (χ4n) is 1.29. The Morgan fingerprint density at radius 2 is 1.89 bits per heavy atom. The monoisotopic (exact) mass is 260 g/mol. The van der Waals surface area contributed by atoms with Gasteiger partial charge in [0.25, 0.3) is 10.0 Å². The molecular formula is C13H12N2O2S. The summed E-state index contributed by atoms with van der Waals surface area (Å²) in [4.78, 5) is -0.0806. The average molecular weight is 260 g/mol. The van der Waals surface area contributed by atoms with Crippen LogP contribution in [0.1, 0.15) is 0 Å². The second kappa shape index (κ2) is 5.84. The van der Waals surface area contributed by atoms with E-state index in [9.17, 15) is 8.42 Å². The van der Waals surface area contributed by atoms with E-state index in [0.717, 1.165) is 0 Å². The fourth-order valence-corrected chi connectivity index (χ4v) is 2.49. The minimum Gasteiger partial charge on any atom is -0.200 e. The lowest BCUT2D eigenvalue weighted by molar-refractivity contribution is 0.603. The fraction of sp³-hybridized carbons (Fsp3) is 0. The van der Waals surface area contributed by atoms with Crippen LogP contribution < -0.4 is 4.31 Å². The van der Waals surface area contributed by atoms with Crippen LogP contribution in [0.15, 0.2) is 66.6 Å². The number of nitrogens with zero attached hydrogens (tertiary/aromatic N) is 2. The van der Waals surface area contributed by atoms with Crippen molar-refractivity contribution in [2.75, 3.05) is 4.31 Å².